The first-order valence-corrected chi connectivity index (χ1v) is 15.9. The molecule has 0 fully saturated rings. The first-order valence-electron chi connectivity index (χ1n) is 15.9. The highest BCUT2D eigenvalue weighted by atomic mass is 15.2. The number of pyridine rings is 1. The molecule has 4 nitrogen and oxygen atoms in total. The second-order valence-corrected chi connectivity index (χ2v) is 12.0. The standard InChI is InChI=1S/C43H26N4/c1-3-12-27(13-4-1)36-26-37(28-14-5-2-6-15-28)46-43(45-36)47-38-22-21-29-16-11-19-33-31-17-7-8-18-32(31)34-24-30(35-20-9-10-23-44-35)25-39(47)41(34)42(38)40(29)33/h1-26H. The summed E-state index contributed by atoms with van der Waals surface area (Å²) in [5.41, 5.74) is 12.8. The molecule has 0 aliphatic heterocycles. The molecule has 0 spiro atoms. The monoisotopic (exact) mass is 598 g/mol. The van der Waals surface area contributed by atoms with Crippen molar-refractivity contribution in [2.45, 2.75) is 0 Å². The van der Waals surface area contributed by atoms with Gasteiger partial charge in [0.15, 0.2) is 0 Å². The van der Waals surface area contributed by atoms with Crippen LogP contribution in [0.3, 0.4) is 0 Å². The first kappa shape index (κ1) is 25.9. The third kappa shape index (κ3) is 3.92. The van der Waals surface area contributed by atoms with Crippen molar-refractivity contribution in [3.8, 4) is 62.0 Å². The normalized spacial score (nSPS) is 11.8. The molecule has 3 aromatic heterocycles. The molecule has 218 valence electrons. The van der Waals surface area contributed by atoms with Gasteiger partial charge in [0.1, 0.15) is 0 Å². The van der Waals surface area contributed by atoms with Crippen molar-refractivity contribution in [1.82, 2.24) is 19.5 Å². The molecule has 1 aliphatic carbocycles. The SMILES string of the molecule is c1ccc(-c2cc(-c3ccccc3)nc(-n3c4cc(-c5ccccn5)cc5c4c4c6c(cccc6ccc43)-c3ccccc3-5)n2)cc1. The minimum Gasteiger partial charge on any atom is -0.278 e. The molecule has 0 N–H and O–H groups in total. The van der Waals surface area contributed by atoms with Gasteiger partial charge in [0.05, 0.1) is 28.1 Å². The van der Waals surface area contributed by atoms with Crippen molar-refractivity contribution in [2.24, 2.45) is 0 Å². The number of hydrogen-bond donors (Lipinski definition) is 0. The van der Waals surface area contributed by atoms with Gasteiger partial charge in [-0.05, 0) is 69.4 Å². The van der Waals surface area contributed by atoms with Crippen LogP contribution in [0.25, 0.3) is 94.6 Å². The van der Waals surface area contributed by atoms with Crippen LogP contribution in [-0.2, 0) is 0 Å². The van der Waals surface area contributed by atoms with Crippen molar-refractivity contribution in [3.63, 3.8) is 0 Å². The Morgan fingerprint density at radius 2 is 1.04 bits per heavy atom. The number of hydrogen-bond acceptors (Lipinski definition) is 3. The van der Waals surface area contributed by atoms with Crippen LogP contribution in [0, 0.1) is 0 Å². The highest BCUT2D eigenvalue weighted by molar-refractivity contribution is 6.30. The van der Waals surface area contributed by atoms with Crippen LogP contribution in [0.4, 0.5) is 0 Å². The van der Waals surface area contributed by atoms with Crippen molar-refractivity contribution in [1.29, 1.82) is 0 Å². The van der Waals surface area contributed by atoms with Crippen LogP contribution in [0.15, 0.2) is 158 Å². The summed E-state index contributed by atoms with van der Waals surface area (Å²) >= 11 is 0. The zero-order valence-electron chi connectivity index (χ0n) is 25.3. The van der Waals surface area contributed by atoms with Gasteiger partial charge in [-0.25, -0.2) is 9.97 Å². The lowest BCUT2D eigenvalue weighted by atomic mass is 9.92. The van der Waals surface area contributed by atoms with Crippen molar-refractivity contribution in [3.05, 3.63) is 158 Å². The molecular formula is C43H26N4. The Balaban J connectivity index is 1.40. The Morgan fingerprint density at radius 3 is 1.74 bits per heavy atom. The lowest BCUT2D eigenvalue weighted by Crippen LogP contribution is -2.04. The molecule has 0 saturated carbocycles. The van der Waals surface area contributed by atoms with Crippen molar-refractivity contribution >= 4 is 32.6 Å². The van der Waals surface area contributed by atoms with E-state index in [0.29, 0.717) is 5.95 Å². The molecule has 47 heavy (non-hydrogen) atoms. The molecule has 0 saturated heterocycles. The Hall–Kier alpha value is -6.39. The summed E-state index contributed by atoms with van der Waals surface area (Å²) in [5.74, 6) is 0.639. The molecule has 6 aromatic carbocycles. The lowest BCUT2D eigenvalue weighted by molar-refractivity contribution is 0.996. The molecule has 9 aromatic rings. The van der Waals surface area contributed by atoms with Gasteiger partial charge >= 0.3 is 0 Å². The second kappa shape index (κ2) is 10.1. The highest BCUT2D eigenvalue weighted by Crippen LogP contribution is 2.50. The molecular weight excluding hydrogens is 573 g/mol. The average molecular weight is 599 g/mol. The molecule has 3 heterocycles. The van der Waals surface area contributed by atoms with Gasteiger partial charge in [0.2, 0.25) is 5.95 Å². The number of benzene rings is 6. The van der Waals surface area contributed by atoms with Gasteiger partial charge in [0.25, 0.3) is 0 Å². The summed E-state index contributed by atoms with van der Waals surface area (Å²) in [5, 5.41) is 4.90. The van der Waals surface area contributed by atoms with Crippen LogP contribution >= 0.6 is 0 Å². The van der Waals surface area contributed by atoms with E-state index in [2.05, 4.69) is 132 Å². The molecule has 4 heteroatoms. The van der Waals surface area contributed by atoms with E-state index < -0.39 is 0 Å². The van der Waals surface area contributed by atoms with Crippen LogP contribution in [0.2, 0.25) is 0 Å². The van der Waals surface area contributed by atoms with Crippen LogP contribution in [0.5, 0.6) is 0 Å². The predicted octanol–water partition coefficient (Wildman–Crippen LogP) is 10.8. The van der Waals surface area contributed by atoms with E-state index in [9.17, 15) is 0 Å². The van der Waals surface area contributed by atoms with Crippen molar-refractivity contribution < 1.29 is 0 Å². The maximum Gasteiger partial charge on any atom is 0.235 e. The average Bonchev–Trinajstić information content (AvgIpc) is 3.43. The van der Waals surface area contributed by atoms with E-state index >= 15 is 0 Å². The topological polar surface area (TPSA) is 43.6 Å². The fourth-order valence-corrected chi connectivity index (χ4v) is 7.34. The van der Waals surface area contributed by atoms with Crippen molar-refractivity contribution in [2.75, 3.05) is 0 Å². The minimum atomic E-state index is 0.639. The molecule has 0 amide bonds. The first-order chi connectivity index (χ1) is 23.3. The Morgan fingerprint density at radius 1 is 0.383 bits per heavy atom. The van der Waals surface area contributed by atoms with Gasteiger partial charge in [-0.2, -0.15) is 0 Å². The van der Waals surface area contributed by atoms with E-state index in [0.717, 1.165) is 44.8 Å². The van der Waals surface area contributed by atoms with Gasteiger partial charge in [0, 0.05) is 33.7 Å². The predicted molar refractivity (Wildman–Crippen MR) is 192 cm³/mol. The van der Waals surface area contributed by atoms with Crippen LogP contribution < -0.4 is 0 Å². The van der Waals surface area contributed by atoms with E-state index in [4.69, 9.17) is 15.0 Å². The minimum absolute atomic E-state index is 0.639. The molecule has 0 atom stereocenters. The lowest BCUT2D eigenvalue weighted by Gasteiger charge is -2.15. The summed E-state index contributed by atoms with van der Waals surface area (Å²) in [6, 6.07) is 53.4. The smallest absolute Gasteiger partial charge is 0.235 e. The second-order valence-electron chi connectivity index (χ2n) is 12.0. The summed E-state index contributed by atoms with van der Waals surface area (Å²) in [6.07, 6.45) is 1.86. The van der Waals surface area contributed by atoms with Crippen LogP contribution in [0.1, 0.15) is 0 Å². The zero-order valence-corrected chi connectivity index (χ0v) is 25.3. The van der Waals surface area contributed by atoms with Gasteiger partial charge < -0.3 is 0 Å². The van der Waals surface area contributed by atoms with Gasteiger partial charge in [-0.1, -0.05) is 115 Å². The van der Waals surface area contributed by atoms with Gasteiger partial charge in [-0.3, -0.25) is 9.55 Å². The van der Waals surface area contributed by atoms with E-state index in [1.807, 2.05) is 30.5 Å². The molecule has 0 bridgehead atoms. The van der Waals surface area contributed by atoms with E-state index in [-0.39, 0.29) is 0 Å². The maximum atomic E-state index is 5.31. The van der Waals surface area contributed by atoms with E-state index in [1.165, 1.54) is 43.8 Å². The number of aromatic nitrogens is 4. The summed E-state index contributed by atoms with van der Waals surface area (Å²) in [7, 11) is 0. The highest BCUT2D eigenvalue weighted by Gasteiger charge is 2.27. The number of fused-ring (bicyclic) bond motifs is 3. The summed E-state index contributed by atoms with van der Waals surface area (Å²) in [4.78, 5) is 15.4. The quantitative estimate of drug-likeness (QED) is 0.202. The summed E-state index contributed by atoms with van der Waals surface area (Å²) in [6.45, 7) is 0. The molecule has 1 aliphatic rings. The molecule has 0 radical (unpaired) electrons. The summed E-state index contributed by atoms with van der Waals surface area (Å²) < 4.78 is 2.27. The Labute approximate surface area is 271 Å². The third-order valence-electron chi connectivity index (χ3n) is 9.39. The van der Waals surface area contributed by atoms with E-state index in [1.54, 1.807) is 0 Å². The Bertz CT molecular complexity index is 2600. The fourth-order valence-electron chi connectivity index (χ4n) is 7.34. The van der Waals surface area contributed by atoms with Crippen LogP contribution in [-0.4, -0.2) is 19.5 Å². The zero-order chi connectivity index (χ0) is 30.9. The number of rotatable bonds is 4. The maximum absolute atomic E-state index is 5.31. The fraction of sp³-hybridized carbons (Fsp3) is 0. The largest absolute Gasteiger partial charge is 0.278 e. The Kier molecular flexibility index (Phi) is 5.54. The molecule has 10 rings (SSSR count). The molecule has 0 unspecified atom stereocenters. The number of nitrogens with zero attached hydrogens (tertiary/aromatic N) is 4. The van der Waals surface area contributed by atoms with Gasteiger partial charge in [-0.15, -0.1) is 0 Å². The third-order valence-corrected chi connectivity index (χ3v) is 9.39.